The van der Waals surface area contributed by atoms with Crippen LogP contribution in [0.15, 0.2) is 30.3 Å². The highest BCUT2D eigenvalue weighted by Gasteiger charge is 2.26. The first-order valence-corrected chi connectivity index (χ1v) is 7.17. The van der Waals surface area contributed by atoms with Gasteiger partial charge in [-0.3, -0.25) is 9.59 Å². The molecule has 0 bridgehead atoms. The van der Waals surface area contributed by atoms with Gasteiger partial charge < -0.3 is 19.9 Å². The Labute approximate surface area is 130 Å². The van der Waals surface area contributed by atoms with Crippen LogP contribution >= 0.6 is 0 Å². The number of hydrogen-bond donors (Lipinski definition) is 2. The number of hydrogen-bond acceptors (Lipinski definition) is 4. The molecule has 6 heteroatoms. The minimum Gasteiger partial charge on any atom is -0.491 e. The van der Waals surface area contributed by atoms with Crippen molar-refractivity contribution in [3.8, 4) is 5.75 Å². The van der Waals surface area contributed by atoms with Crippen molar-refractivity contribution in [2.75, 3.05) is 26.4 Å². The zero-order chi connectivity index (χ0) is 16.4. The molecule has 0 aliphatic rings. The van der Waals surface area contributed by atoms with Gasteiger partial charge in [0.25, 0.3) is 0 Å². The van der Waals surface area contributed by atoms with Gasteiger partial charge in [-0.1, -0.05) is 18.2 Å². The molecule has 6 nitrogen and oxygen atoms in total. The number of carboxylic acid groups (broad SMARTS) is 1. The Morgan fingerprint density at radius 1 is 1.18 bits per heavy atom. The van der Waals surface area contributed by atoms with Crippen LogP contribution in [-0.2, 0) is 14.3 Å². The highest BCUT2D eigenvalue weighted by molar-refractivity contribution is 5.77. The number of carbonyl (C=O) groups excluding carboxylic acids is 1. The van der Waals surface area contributed by atoms with Gasteiger partial charge in [0.2, 0.25) is 5.91 Å². The highest BCUT2D eigenvalue weighted by atomic mass is 16.5. The molecule has 0 unspecified atom stereocenters. The van der Waals surface area contributed by atoms with Crippen LogP contribution < -0.4 is 10.1 Å². The fourth-order valence-corrected chi connectivity index (χ4v) is 1.57. The van der Waals surface area contributed by atoms with Gasteiger partial charge in [-0.15, -0.1) is 0 Å². The van der Waals surface area contributed by atoms with Gasteiger partial charge in [-0.25, -0.2) is 0 Å². The molecule has 0 saturated heterocycles. The summed E-state index contributed by atoms with van der Waals surface area (Å²) >= 11 is 0. The summed E-state index contributed by atoms with van der Waals surface area (Å²) in [4.78, 5) is 22.4. The van der Waals surface area contributed by atoms with Crippen molar-refractivity contribution in [1.29, 1.82) is 0 Å². The summed E-state index contributed by atoms with van der Waals surface area (Å²) in [5.74, 6) is -0.386. The lowest BCUT2D eigenvalue weighted by Gasteiger charge is -2.18. The average Bonchev–Trinajstić information content (AvgIpc) is 2.47. The second-order valence-electron chi connectivity index (χ2n) is 5.50. The summed E-state index contributed by atoms with van der Waals surface area (Å²) in [6.07, 6.45) is 0.366. The second-order valence-corrected chi connectivity index (χ2v) is 5.50. The molecule has 1 amide bonds. The van der Waals surface area contributed by atoms with E-state index in [1.54, 1.807) is 13.8 Å². The second kappa shape index (κ2) is 9.04. The van der Waals surface area contributed by atoms with E-state index in [2.05, 4.69) is 5.32 Å². The van der Waals surface area contributed by atoms with Gasteiger partial charge in [0.15, 0.2) is 0 Å². The van der Waals surface area contributed by atoms with Crippen molar-refractivity contribution < 1.29 is 24.2 Å². The number of aliphatic carboxylic acids is 1. The lowest BCUT2D eigenvalue weighted by molar-refractivity contribution is -0.147. The first kappa shape index (κ1) is 18.0. The van der Waals surface area contributed by atoms with Crippen LogP contribution in [0.4, 0.5) is 0 Å². The van der Waals surface area contributed by atoms with E-state index in [4.69, 9.17) is 14.6 Å². The van der Waals surface area contributed by atoms with Crippen molar-refractivity contribution in [3.63, 3.8) is 0 Å². The Morgan fingerprint density at radius 3 is 2.50 bits per heavy atom. The summed E-state index contributed by atoms with van der Waals surface area (Å²) < 4.78 is 10.6. The van der Waals surface area contributed by atoms with Crippen LogP contribution in [0.2, 0.25) is 0 Å². The first-order valence-electron chi connectivity index (χ1n) is 7.17. The number of benzene rings is 1. The molecule has 0 radical (unpaired) electrons. The third-order valence-corrected chi connectivity index (χ3v) is 3.12. The zero-order valence-electron chi connectivity index (χ0n) is 13.0. The van der Waals surface area contributed by atoms with Crippen molar-refractivity contribution >= 4 is 11.9 Å². The molecule has 0 aromatic heterocycles. The summed E-state index contributed by atoms with van der Waals surface area (Å²) in [5, 5.41) is 11.6. The van der Waals surface area contributed by atoms with E-state index in [-0.39, 0.29) is 12.5 Å². The maximum atomic E-state index is 11.5. The zero-order valence-corrected chi connectivity index (χ0v) is 13.0. The van der Waals surface area contributed by atoms with E-state index in [9.17, 15) is 9.59 Å². The maximum absolute atomic E-state index is 11.5. The van der Waals surface area contributed by atoms with Crippen LogP contribution in [-0.4, -0.2) is 43.3 Å². The molecule has 1 aromatic rings. The van der Waals surface area contributed by atoms with Crippen molar-refractivity contribution in [2.45, 2.75) is 20.3 Å². The van der Waals surface area contributed by atoms with Gasteiger partial charge in [0.05, 0.1) is 12.0 Å². The Hall–Kier alpha value is -2.08. The van der Waals surface area contributed by atoms with E-state index in [1.165, 1.54) is 0 Å². The number of rotatable bonds is 10. The molecule has 0 heterocycles. The normalized spacial score (nSPS) is 11.0. The van der Waals surface area contributed by atoms with Gasteiger partial charge in [-0.05, 0) is 32.4 Å². The van der Waals surface area contributed by atoms with Crippen molar-refractivity contribution in [2.24, 2.45) is 5.41 Å². The number of amides is 1. The van der Waals surface area contributed by atoms with Crippen LogP contribution in [0.5, 0.6) is 5.75 Å². The molecule has 0 fully saturated rings. The quantitative estimate of drug-likeness (QED) is 0.643. The third kappa shape index (κ3) is 7.08. The summed E-state index contributed by atoms with van der Waals surface area (Å²) in [6.45, 7) is 4.16. The van der Waals surface area contributed by atoms with Crippen molar-refractivity contribution in [3.05, 3.63) is 30.3 Å². The lowest BCUT2D eigenvalue weighted by Crippen LogP contribution is -2.34. The molecule has 1 rings (SSSR count). The van der Waals surface area contributed by atoms with Crippen LogP contribution in [0, 0.1) is 5.41 Å². The minimum absolute atomic E-state index is 0.0638. The van der Waals surface area contributed by atoms with Crippen LogP contribution in [0.1, 0.15) is 20.3 Å². The Bertz CT molecular complexity index is 473. The molecule has 22 heavy (non-hydrogen) atoms. The largest absolute Gasteiger partial charge is 0.491 e. The van der Waals surface area contributed by atoms with E-state index in [1.807, 2.05) is 30.3 Å². The molecular weight excluding hydrogens is 286 g/mol. The number of carboxylic acids is 1. The van der Waals surface area contributed by atoms with E-state index in [0.29, 0.717) is 26.2 Å². The van der Waals surface area contributed by atoms with Gasteiger partial charge in [-0.2, -0.15) is 0 Å². The molecule has 0 aliphatic carbocycles. The molecule has 2 N–H and O–H groups in total. The number of carbonyl (C=O) groups is 2. The van der Waals surface area contributed by atoms with Gasteiger partial charge in [0.1, 0.15) is 19.0 Å². The van der Waals surface area contributed by atoms with Crippen LogP contribution in [0.25, 0.3) is 0 Å². The molecular formula is C16H23NO5. The smallest absolute Gasteiger partial charge is 0.309 e. The number of nitrogens with one attached hydrogen (secondary N) is 1. The number of ether oxygens (including phenoxy) is 2. The standard InChI is InChI=1S/C16H23NO5/c1-16(2,15(19)20)8-9-17-14(18)12-21-10-11-22-13-6-4-3-5-7-13/h3-7H,8-12H2,1-2H3,(H,17,18)(H,19,20). The molecule has 0 atom stereocenters. The predicted octanol–water partition coefficient (Wildman–Crippen LogP) is 1.70. The molecule has 0 saturated carbocycles. The topological polar surface area (TPSA) is 84.9 Å². The minimum atomic E-state index is -0.879. The summed E-state index contributed by atoms with van der Waals surface area (Å²) in [6, 6.07) is 9.34. The molecule has 0 aliphatic heterocycles. The summed E-state index contributed by atoms with van der Waals surface area (Å²) in [5.41, 5.74) is -0.850. The third-order valence-electron chi connectivity index (χ3n) is 3.12. The van der Waals surface area contributed by atoms with Crippen molar-refractivity contribution in [1.82, 2.24) is 5.32 Å². The summed E-state index contributed by atoms with van der Waals surface area (Å²) in [7, 11) is 0. The Balaban J connectivity index is 2.05. The fraction of sp³-hybridized carbons (Fsp3) is 0.500. The Morgan fingerprint density at radius 2 is 1.86 bits per heavy atom. The van der Waals surface area contributed by atoms with E-state index < -0.39 is 11.4 Å². The first-order chi connectivity index (χ1) is 10.4. The fourth-order valence-electron chi connectivity index (χ4n) is 1.57. The molecule has 122 valence electrons. The highest BCUT2D eigenvalue weighted by Crippen LogP contribution is 2.19. The van der Waals surface area contributed by atoms with E-state index in [0.717, 1.165) is 5.75 Å². The SMILES string of the molecule is CC(C)(CCNC(=O)COCCOc1ccccc1)C(=O)O. The molecule has 0 spiro atoms. The van der Waals surface area contributed by atoms with Gasteiger partial charge in [0, 0.05) is 6.54 Å². The predicted molar refractivity (Wildman–Crippen MR) is 81.8 cm³/mol. The molecule has 1 aromatic carbocycles. The monoisotopic (exact) mass is 309 g/mol. The van der Waals surface area contributed by atoms with Gasteiger partial charge >= 0.3 is 5.97 Å². The average molecular weight is 309 g/mol. The van der Waals surface area contributed by atoms with Crippen LogP contribution in [0.3, 0.4) is 0 Å². The van der Waals surface area contributed by atoms with E-state index >= 15 is 0 Å². The number of para-hydroxylation sites is 1. The maximum Gasteiger partial charge on any atom is 0.309 e. The Kier molecular flexibility index (Phi) is 7.39. The lowest BCUT2D eigenvalue weighted by atomic mass is 9.90.